The molecule has 0 radical (unpaired) electrons. The van der Waals surface area contributed by atoms with Crippen molar-refractivity contribution >= 4 is 17.4 Å². The lowest BCUT2D eigenvalue weighted by atomic mass is 10.1. The molecule has 0 aliphatic heterocycles. The largest absolute Gasteiger partial charge is 0.495 e. The van der Waals surface area contributed by atoms with Crippen molar-refractivity contribution in [2.24, 2.45) is 0 Å². The minimum absolute atomic E-state index is 0.0404. The molecular weight excluding hydrogens is 441 g/mol. The number of carbonyl (C=O) groups excluding carboxylic acids is 1. The molecule has 8 nitrogen and oxygen atoms in total. The van der Waals surface area contributed by atoms with Gasteiger partial charge in [-0.25, -0.2) is 4.68 Å². The molecule has 0 atom stereocenters. The van der Waals surface area contributed by atoms with Gasteiger partial charge in [-0.1, -0.05) is 12.1 Å². The van der Waals surface area contributed by atoms with E-state index in [1.807, 2.05) is 0 Å². The fourth-order valence-corrected chi connectivity index (χ4v) is 3.15. The third kappa shape index (κ3) is 5.20. The van der Waals surface area contributed by atoms with Gasteiger partial charge in [-0.3, -0.25) is 4.79 Å². The summed E-state index contributed by atoms with van der Waals surface area (Å²) < 4.78 is 56.0. The zero-order valence-corrected chi connectivity index (χ0v) is 18.2. The van der Waals surface area contributed by atoms with Crippen LogP contribution in [0.25, 0.3) is 5.69 Å². The molecule has 1 amide bonds. The summed E-state index contributed by atoms with van der Waals surface area (Å²) in [5, 5.41) is 6.91. The number of rotatable bonds is 8. The summed E-state index contributed by atoms with van der Waals surface area (Å²) in [6.45, 7) is 2.28. The lowest BCUT2D eigenvalue weighted by molar-refractivity contribution is -0.137. The van der Waals surface area contributed by atoms with E-state index in [9.17, 15) is 18.0 Å². The van der Waals surface area contributed by atoms with Gasteiger partial charge in [-0.2, -0.15) is 18.3 Å². The average molecular weight is 464 g/mol. The number of nitrogens with one attached hydrogen (secondary N) is 1. The second kappa shape index (κ2) is 9.82. The van der Waals surface area contributed by atoms with E-state index in [1.165, 1.54) is 11.8 Å². The van der Waals surface area contributed by atoms with E-state index in [0.717, 1.165) is 18.2 Å². The van der Waals surface area contributed by atoms with Crippen LogP contribution < -0.4 is 20.5 Å². The number of anilines is 2. The Bertz CT molecular complexity index is 1150. The molecule has 1 aromatic heterocycles. The smallest absolute Gasteiger partial charge is 0.416 e. The minimum atomic E-state index is -4.54. The number of amides is 1. The van der Waals surface area contributed by atoms with Crippen LogP contribution >= 0.6 is 0 Å². The number of ether oxygens (including phenoxy) is 3. The van der Waals surface area contributed by atoms with Crippen molar-refractivity contribution in [3.05, 3.63) is 59.3 Å². The van der Waals surface area contributed by atoms with Crippen molar-refractivity contribution in [2.45, 2.75) is 13.1 Å². The number of hydrogen-bond acceptors (Lipinski definition) is 6. The third-order valence-electron chi connectivity index (χ3n) is 4.74. The number of methoxy groups -OCH3 is 2. The Hall–Kier alpha value is -3.73. The number of halogens is 3. The van der Waals surface area contributed by atoms with Crippen molar-refractivity contribution in [2.75, 3.05) is 38.5 Å². The van der Waals surface area contributed by atoms with Crippen LogP contribution in [-0.2, 0) is 10.9 Å². The second-order valence-electron chi connectivity index (χ2n) is 6.93. The third-order valence-corrected chi connectivity index (χ3v) is 4.74. The summed E-state index contributed by atoms with van der Waals surface area (Å²) in [5.41, 5.74) is 6.32. The number of para-hydroxylation sites is 2. The standard InChI is InChI=1S/C22H23F3N4O4/c1-13-19(21(30)27-15-9-8-14(22(23,24)25)12-18(15)32-3)20(26)29(28-13)16-6-4-5-7-17(16)33-11-10-31-2/h4-9,12H,10-11,26H2,1-3H3,(H,27,30). The van der Waals surface area contributed by atoms with Gasteiger partial charge in [-0.15, -0.1) is 0 Å². The maximum Gasteiger partial charge on any atom is 0.416 e. The number of nitrogen functional groups attached to an aromatic ring is 1. The van der Waals surface area contributed by atoms with Crippen LogP contribution in [0.4, 0.5) is 24.7 Å². The minimum Gasteiger partial charge on any atom is -0.495 e. The number of hydrogen-bond donors (Lipinski definition) is 2. The fraction of sp³-hybridized carbons (Fsp3) is 0.273. The van der Waals surface area contributed by atoms with Crippen molar-refractivity contribution in [3.8, 4) is 17.2 Å². The Balaban J connectivity index is 1.92. The van der Waals surface area contributed by atoms with Gasteiger partial charge in [0, 0.05) is 7.11 Å². The Kier molecular flexibility index (Phi) is 7.12. The zero-order chi connectivity index (χ0) is 24.2. The van der Waals surface area contributed by atoms with Gasteiger partial charge >= 0.3 is 6.18 Å². The van der Waals surface area contributed by atoms with E-state index >= 15 is 0 Å². The average Bonchev–Trinajstić information content (AvgIpc) is 3.07. The van der Waals surface area contributed by atoms with Crippen molar-refractivity contribution in [1.29, 1.82) is 0 Å². The Morgan fingerprint density at radius 3 is 2.52 bits per heavy atom. The second-order valence-corrected chi connectivity index (χ2v) is 6.93. The van der Waals surface area contributed by atoms with Gasteiger partial charge in [0.2, 0.25) is 0 Å². The van der Waals surface area contributed by atoms with Crippen LogP contribution in [0.2, 0.25) is 0 Å². The molecule has 0 bridgehead atoms. The molecule has 0 unspecified atom stereocenters. The summed E-state index contributed by atoms with van der Waals surface area (Å²) in [6, 6.07) is 9.78. The molecule has 176 valence electrons. The number of aromatic nitrogens is 2. The Morgan fingerprint density at radius 1 is 1.12 bits per heavy atom. The fourth-order valence-electron chi connectivity index (χ4n) is 3.15. The highest BCUT2D eigenvalue weighted by molar-refractivity contribution is 6.09. The van der Waals surface area contributed by atoms with E-state index in [2.05, 4.69) is 10.4 Å². The van der Waals surface area contributed by atoms with Gasteiger partial charge < -0.3 is 25.3 Å². The van der Waals surface area contributed by atoms with Crippen molar-refractivity contribution < 1.29 is 32.2 Å². The molecule has 0 spiro atoms. The molecule has 0 saturated carbocycles. The van der Waals surface area contributed by atoms with Gasteiger partial charge in [0.25, 0.3) is 5.91 Å². The first-order valence-corrected chi connectivity index (χ1v) is 9.80. The number of benzene rings is 2. The van der Waals surface area contributed by atoms with Crippen LogP contribution in [0.15, 0.2) is 42.5 Å². The molecule has 0 saturated heterocycles. The molecule has 3 rings (SSSR count). The first kappa shape index (κ1) is 23.9. The van der Waals surface area contributed by atoms with E-state index in [-0.39, 0.29) is 22.8 Å². The van der Waals surface area contributed by atoms with E-state index in [0.29, 0.717) is 30.3 Å². The monoisotopic (exact) mass is 464 g/mol. The number of carbonyl (C=O) groups is 1. The summed E-state index contributed by atoms with van der Waals surface area (Å²) in [4.78, 5) is 13.0. The molecule has 1 heterocycles. The van der Waals surface area contributed by atoms with Crippen LogP contribution in [-0.4, -0.2) is 43.1 Å². The summed E-state index contributed by atoms with van der Waals surface area (Å²) in [6.07, 6.45) is -4.54. The maximum absolute atomic E-state index is 13.0. The summed E-state index contributed by atoms with van der Waals surface area (Å²) >= 11 is 0. The molecule has 0 fully saturated rings. The first-order valence-electron chi connectivity index (χ1n) is 9.80. The first-order chi connectivity index (χ1) is 15.7. The lowest BCUT2D eigenvalue weighted by Gasteiger charge is -2.14. The topological polar surface area (TPSA) is 101 Å². The predicted octanol–water partition coefficient (Wildman–Crippen LogP) is 4.07. The Morgan fingerprint density at radius 2 is 1.85 bits per heavy atom. The van der Waals surface area contributed by atoms with Crippen LogP contribution in [0.1, 0.15) is 21.6 Å². The molecule has 2 aromatic carbocycles. The van der Waals surface area contributed by atoms with Gasteiger partial charge in [0.1, 0.15) is 35.2 Å². The van der Waals surface area contributed by atoms with Crippen LogP contribution in [0.5, 0.6) is 11.5 Å². The van der Waals surface area contributed by atoms with Gasteiger partial charge in [-0.05, 0) is 37.3 Å². The molecule has 3 N–H and O–H groups in total. The summed E-state index contributed by atoms with van der Waals surface area (Å²) in [7, 11) is 2.77. The number of aryl methyl sites for hydroxylation is 1. The maximum atomic E-state index is 13.0. The highest BCUT2D eigenvalue weighted by atomic mass is 19.4. The number of alkyl halides is 3. The van der Waals surface area contributed by atoms with E-state index < -0.39 is 17.6 Å². The molecule has 3 aromatic rings. The summed E-state index contributed by atoms with van der Waals surface area (Å²) in [5.74, 6) is -0.260. The SMILES string of the molecule is COCCOc1ccccc1-n1nc(C)c(C(=O)Nc2ccc(C(F)(F)F)cc2OC)c1N. The van der Waals surface area contributed by atoms with Crippen LogP contribution in [0.3, 0.4) is 0 Å². The number of nitrogens with zero attached hydrogens (tertiary/aromatic N) is 2. The number of nitrogens with two attached hydrogens (primary N) is 1. The predicted molar refractivity (Wildman–Crippen MR) is 116 cm³/mol. The van der Waals surface area contributed by atoms with E-state index in [4.69, 9.17) is 19.9 Å². The highest BCUT2D eigenvalue weighted by Gasteiger charge is 2.31. The molecule has 0 aliphatic rings. The van der Waals surface area contributed by atoms with Crippen molar-refractivity contribution in [1.82, 2.24) is 9.78 Å². The van der Waals surface area contributed by atoms with Crippen LogP contribution in [0, 0.1) is 6.92 Å². The molecule has 0 aliphatic carbocycles. The Labute approximate surface area is 188 Å². The van der Waals surface area contributed by atoms with E-state index in [1.54, 1.807) is 38.3 Å². The molecule has 33 heavy (non-hydrogen) atoms. The molecule has 11 heteroatoms. The van der Waals surface area contributed by atoms with Crippen molar-refractivity contribution in [3.63, 3.8) is 0 Å². The zero-order valence-electron chi connectivity index (χ0n) is 18.2. The lowest BCUT2D eigenvalue weighted by Crippen LogP contribution is -2.16. The van der Waals surface area contributed by atoms with Gasteiger partial charge in [0.15, 0.2) is 0 Å². The van der Waals surface area contributed by atoms with Gasteiger partial charge in [0.05, 0.1) is 30.7 Å². The highest BCUT2D eigenvalue weighted by Crippen LogP contribution is 2.35. The molecular formula is C22H23F3N4O4. The quantitative estimate of drug-likeness (QED) is 0.488. The normalized spacial score (nSPS) is 11.3.